The van der Waals surface area contributed by atoms with E-state index in [2.05, 4.69) is 0 Å². The smallest absolute Gasteiger partial charge is 0.338 e. The molecule has 3 rings (SSSR count). The fourth-order valence-corrected chi connectivity index (χ4v) is 2.53. The Balaban J connectivity index is 2.41. The van der Waals surface area contributed by atoms with Gasteiger partial charge in [0, 0.05) is 11.1 Å². The molecule has 106 valence electrons. The van der Waals surface area contributed by atoms with Gasteiger partial charge in [0.05, 0.1) is 16.8 Å². The number of carboxylic acid groups (broad SMARTS) is 2. The molecule has 0 spiro atoms. The summed E-state index contributed by atoms with van der Waals surface area (Å²) in [5.41, 5.74) is 6.62. The number of hydrogen-bond donors (Lipinski definition) is 3. The Bertz CT molecular complexity index is 782. The van der Waals surface area contributed by atoms with Crippen molar-refractivity contribution >= 4 is 17.6 Å². The normalized spacial score (nSPS) is 12.0. The molecule has 0 saturated carbocycles. The van der Waals surface area contributed by atoms with E-state index in [1.807, 2.05) is 0 Å². The molecular weight excluding hydrogens is 274 g/mol. The van der Waals surface area contributed by atoms with Crippen molar-refractivity contribution in [3.8, 4) is 16.9 Å². The third-order valence-corrected chi connectivity index (χ3v) is 3.43. The zero-order chi connectivity index (χ0) is 15.1. The number of ether oxygens (including phenoxy) is 1. The minimum Gasteiger partial charge on any atom is -0.488 e. The molecule has 0 saturated heterocycles. The molecule has 1 aliphatic rings. The maximum atomic E-state index is 11.6. The molecule has 2 aromatic rings. The lowest BCUT2D eigenvalue weighted by molar-refractivity contribution is 0.0696. The molecule has 2 aromatic carbocycles. The van der Waals surface area contributed by atoms with Crippen LogP contribution in [0, 0.1) is 0 Å². The molecule has 6 heteroatoms. The van der Waals surface area contributed by atoms with Crippen molar-refractivity contribution in [1.82, 2.24) is 0 Å². The molecule has 1 aliphatic heterocycles. The molecule has 0 fully saturated rings. The average molecular weight is 285 g/mol. The summed E-state index contributed by atoms with van der Waals surface area (Å²) in [4.78, 5) is 22.8. The largest absolute Gasteiger partial charge is 0.488 e. The number of anilines is 1. The molecule has 0 radical (unpaired) electrons. The van der Waals surface area contributed by atoms with E-state index in [1.54, 1.807) is 24.3 Å². The monoisotopic (exact) mass is 285 g/mol. The van der Waals surface area contributed by atoms with E-state index in [9.17, 15) is 14.7 Å². The Hall–Kier alpha value is -3.02. The Morgan fingerprint density at radius 1 is 1.14 bits per heavy atom. The van der Waals surface area contributed by atoms with Gasteiger partial charge >= 0.3 is 11.9 Å². The quantitative estimate of drug-likeness (QED) is 0.730. The standard InChI is InChI=1S/C15H11NO5/c16-13-9(14(17)18)5-7-6-21-10-4-2-1-3-8(10)11(7)12(13)15(19)20/h1-5H,6,16H2,(H,17,18)(H,19,20). The summed E-state index contributed by atoms with van der Waals surface area (Å²) >= 11 is 0. The van der Waals surface area contributed by atoms with Crippen LogP contribution in [0.5, 0.6) is 5.75 Å². The van der Waals surface area contributed by atoms with Crippen molar-refractivity contribution in [1.29, 1.82) is 0 Å². The second-order valence-electron chi connectivity index (χ2n) is 4.64. The number of carboxylic acids is 2. The number of benzene rings is 2. The molecule has 0 aromatic heterocycles. The van der Waals surface area contributed by atoms with E-state index in [0.29, 0.717) is 22.4 Å². The Kier molecular flexibility index (Phi) is 2.79. The van der Waals surface area contributed by atoms with Crippen LogP contribution < -0.4 is 10.5 Å². The molecule has 6 nitrogen and oxygen atoms in total. The van der Waals surface area contributed by atoms with Gasteiger partial charge in [-0.2, -0.15) is 0 Å². The highest BCUT2D eigenvalue weighted by molar-refractivity contribution is 6.08. The van der Waals surface area contributed by atoms with Crippen molar-refractivity contribution in [3.05, 3.63) is 47.0 Å². The average Bonchev–Trinajstić information content (AvgIpc) is 2.45. The summed E-state index contributed by atoms with van der Waals surface area (Å²) < 4.78 is 5.53. The highest BCUT2D eigenvalue weighted by atomic mass is 16.5. The lowest BCUT2D eigenvalue weighted by atomic mass is 9.89. The molecule has 0 atom stereocenters. The summed E-state index contributed by atoms with van der Waals surface area (Å²) in [5, 5.41) is 18.6. The molecule has 0 bridgehead atoms. The van der Waals surface area contributed by atoms with E-state index >= 15 is 0 Å². The van der Waals surface area contributed by atoms with Crippen LogP contribution in [0.1, 0.15) is 26.3 Å². The van der Waals surface area contributed by atoms with E-state index < -0.39 is 11.9 Å². The van der Waals surface area contributed by atoms with Gasteiger partial charge in [-0.15, -0.1) is 0 Å². The number of nitrogens with two attached hydrogens (primary N) is 1. The van der Waals surface area contributed by atoms with Gasteiger partial charge in [0.2, 0.25) is 0 Å². The molecule has 1 heterocycles. The van der Waals surface area contributed by atoms with Gasteiger partial charge in [0.15, 0.2) is 0 Å². The van der Waals surface area contributed by atoms with E-state index in [4.69, 9.17) is 15.6 Å². The zero-order valence-electron chi connectivity index (χ0n) is 10.8. The molecule has 0 amide bonds. The maximum Gasteiger partial charge on any atom is 0.338 e. The van der Waals surface area contributed by atoms with Gasteiger partial charge in [0.25, 0.3) is 0 Å². The van der Waals surface area contributed by atoms with Crippen LogP contribution in [0.3, 0.4) is 0 Å². The highest BCUT2D eigenvalue weighted by Crippen LogP contribution is 2.42. The van der Waals surface area contributed by atoms with Crippen molar-refractivity contribution in [3.63, 3.8) is 0 Å². The van der Waals surface area contributed by atoms with Gasteiger partial charge in [-0.05, 0) is 17.7 Å². The van der Waals surface area contributed by atoms with Crippen molar-refractivity contribution < 1.29 is 24.5 Å². The van der Waals surface area contributed by atoms with Crippen molar-refractivity contribution in [2.24, 2.45) is 0 Å². The van der Waals surface area contributed by atoms with E-state index in [-0.39, 0.29) is 23.4 Å². The Morgan fingerprint density at radius 3 is 2.52 bits per heavy atom. The van der Waals surface area contributed by atoms with E-state index in [0.717, 1.165) is 0 Å². The second-order valence-corrected chi connectivity index (χ2v) is 4.64. The first-order valence-corrected chi connectivity index (χ1v) is 6.15. The number of para-hydroxylation sites is 1. The summed E-state index contributed by atoms with van der Waals surface area (Å²) in [6.45, 7) is 0.104. The first-order valence-electron chi connectivity index (χ1n) is 6.15. The Morgan fingerprint density at radius 2 is 1.86 bits per heavy atom. The fraction of sp³-hybridized carbons (Fsp3) is 0.0667. The molecule has 21 heavy (non-hydrogen) atoms. The van der Waals surface area contributed by atoms with Crippen molar-refractivity contribution in [2.75, 3.05) is 5.73 Å². The topological polar surface area (TPSA) is 110 Å². The predicted octanol–water partition coefficient (Wildman–Crippen LogP) is 2.22. The van der Waals surface area contributed by atoms with Gasteiger partial charge < -0.3 is 20.7 Å². The summed E-state index contributed by atoms with van der Waals surface area (Å²) in [6, 6.07) is 8.35. The lowest BCUT2D eigenvalue weighted by Crippen LogP contribution is -2.16. The molecular formula is C15H11NO5. The third-order valence-electron chi connectivity index (χ3n) is 3.43. The number of rotatable bonds is 2. The second kappa shape index (κ2) is 4.52. The summed E-state index contributed by atoms with van der Waals surface area (Å²) in [6.07, 6.45) is 0. The van der Waals surface area contributed by atoms with Crippen LogP contribution in [0.25, 0.3) is 11.1 Å². The maximum absolute atomic E-state index is 11.6. The molecule has 0 unspecified atom stereocenters. The minimum absolute atomic E-state index is 0.104. The summed E-state index contributed by atoms with van der Waals surface area (Å²) in [5.74, 6) is -1.98. The van der Waals surface area contributed by atoms with Crippen LogP contribution in [0.4, 0.5) is 5.69 Å². The molecule has 4 N–H and O–H groups in total. The fourth-order valence-electron chi connectivity index (χ4n) is 2.53. The molecule has 0 aliphatic carbocycles. The SMILES string of the molecule is Nc1c(C(=O)O)cc2c(c1C(=O)O)-c1ccccc1OC2. The third kappa shape index (κ3) is 1.88. The number of aromatic carboxylic acids is 2. The number of nitrogen functional groups attached to an aromatic ring is 1. The zero-order valence-corrected chi connectivity index (χ0v) is 10.8. The van der Waals surface area contributed by atoms with Gasteiger partial charge in [-0.1, -0.05) is 18.2 Å². The number of fused-ring (bicyclic) bond motifs is 3. The van der Waals surface area contributed by atoms with Crippen LogP contribution in [-0.4, -0.2) is 22.2 Å². The van der Waals surface area contributed by atoms with Crippen LogP contribution >= 0.6 is 0 Å². The minimum atomic E-state index is -1.27. The Labute approximate surface area is 119 Å². The van der Waals surface area contributed by atoms with Crippen LogP contribution in [-0.2, 0) is 6.61 Å². The lowest BCUT2D eigenvalue weighted by Gasteiger charge is -2.24. The number of carbonyl (C=O) groups is 2. The summed E-state index contributed by atoms with van der Waals surface area (Å²) in [7, 11) is 0. The van der Waals surface area contributed by atoms with Crippen molar-refractivity contribution in [2.45, 2.75) is 6.61 Å². The van der Waals surface area contributed by atoms with Gasteiger partial charge in [-0.25, -0.2) is 9.59 Å². The highest BCUT2D eigenvalue weighted by Gasteiger charge is 2.28. The first kappa shape index (κ1) is 13.0. The predicted molar refractivity (Wildman–Crippen MR) is 74.5 cm³/mol. The number of hydrogen-bond acceptors (Lipinski definition) is 4. The van der Waals surface area contributed by atoms with Gasteiger partial charge in [-0.3, -0.25) is 0 Å². The van der Waals surface area contributed by atoms with Crippen LogP contribution in [0.15, 0.2) is 30.3 Å². The van der Waals surface area contributed by atoms with Crippen LogP contribution in [0.2, 0.25) is 0 Å². The van der Waals surface area contributed by atoms with Gasteiger partial charge in [0.1, 0.15) is 12.4 Å². The first-order chi connectivity index (χ1) is 10.0. The van der Waals surface area contributed by atoms with E-state index in [1.165, 1.54) is 6.07 Å².